The predicted molar refractivity (Wildman–Crippen MR) is 61.0 cm³/mol. The average molecular weight is 220 g/mol. The van der Waals surface area contributed by atoms with Gasteiger partial charge in [0.15, 0.2) is 8.32 Å². The summed E-state index contributed by atoms with van der Waals surface area (Å²) in [5.41, 5.74) is 0. The van der Waals surface area contributed by atoms with Crippen LogP contribution in [0.15, 0.2) is 0 Å². The molecule has 1 N–H and O–H groups in total. The van der Waals surface area contributed by atoms with Crippen LogP contribution in [0.5, 0.6) is 0 Å². The molecule has 4 heteroatoms. The second-order valence-electron chi connectivity index (χ2n) is 5.11. The molecule has 0 heterocycles. The molecular formula is C10H24O3Si. The lowest BCUT2D eigenvalue weighted by molar-refractivity contribution is 0.0128. The van der Waals surface area contributed by atoms with Crippen molar-refractivity contribution in [2.75, 3.05) is 20.3 Å². The molecule has 0 aliphatic rings. The third kappa shape index (κ3) is 4.08. The summed E-state index contributed by atoms with van der Waals surface area (Å²) in [4.78, 5) is 0. The predicted octanol–water partition coefficient (Wildman–Crippen LogP) is 2.02. The monoisotopic (exact) mass is 220 g/mol. The van der Waals surface area contributed by atoms with E-state index < -0.39 is 8.32 Å². The maximum absolute atomic E-state index is 8.94. The van der Waals surface area contributed by atoms with Crippen molar-refractivity contribution in [3.8, 4) is 0 Å². The fourth-order valence-electron chi connectivity index (χ4n) is 0.713. The second-order valence-corrected chi connectivity index (χ2v) is 9.92. The minimum absolute atomic E-state index is 0.0190. The van der Waals surface area contributed by atoms with E-state index in [1.54, 1.807) is 7.11 Å². The van der Waals surface area contributed by atoms with E-state index in [1.807, 2.05) is 0 Å². The van der Waals surface area contributed by atoms with Crippen LogP contribution in [0, 0.1) is 0 Å². The van der Waals surface area contributed by atoms with Crippen molar-refractivity contribution in [1.82, 2.24) is 0 Å². The Morgan fingerprint density at radius 3 is 2.07 bits per heavy atom. The van der Waals surface area contributed by atoms with Gasteiger partial charge in [-0.1, -0.05) is 20.8 Å². The van der Waals surface area contributed by atoms with Crippen LogP contribution in [-0.2, 0) is 9.16 Å². The zero-order chi connectivity index (χ0) is 11.4. The van der Waals surface area contributed by atoms with Crippen LogP contribution in [0.1, 0.15) is 20.8 Å². The fourth-order valence-corrected chi connectivity index (χ4v) is 1.75. The van der Waals surface area contributed by atoms with E-state index in [0.717, 1.165) is 0 Å². The Hall–Kier alpha value is 0.0969. The zero-order valence-corrected chi connectivity index (χ0v) is 11.3. The van der Waals surface area contributed by atoms with E-state index in [2.05, 4.69) is 33.9 Å². The van der Waals surface area contributed by atoms with Gasteiger partial charge in [0.1, 0.15) is 6.10 Å². The molecule has 0 saturated heterocycles. The highest BCUT2D eigenvalue weighted by Crippen LogP contribution is 2.36. The number of aliphatic hydroxyl groups excluding tert-OH is 1. The summed E-state index contributed by atoms with van der Waals surface area (Å²) in [5.74, 6) is 0. The molecule has 0 fully saturated rings. The summed E-state index contributed by atoms with van der Waals surface area (Å²) in [6.07, 6.45) is -0.191. The Bertz CT molecular complexity index is 159. The van der Waals surface area contributed by atoms with Crippen molar-refractivity contribution < 1.29 is 14.3 Å². The zero-order valence-electron chi connectivity index (χ0n) is 10.3. The summed E-state index contributed by atoms with van der Waals surface area (Å²) in [7, 11) is -0.0982. The molecule has 0 radical (unpaired) electrons. The first-order valence-electron chi connectivity index (χ1n) is 5.02. The van der Waals surface area contributed by atoms with Gasteiger partial charge in [0.05, 0.1) is 13.2 Å². The molecule has 14 heavy (non-hydrogen) atoms. The van der Waals surface area contributed by atoms with Gasteiger partial charge in [-0.3, -0.25) is 0 Å². The van der Waals surface area contributed by atoms with E-state index in [-0.39, 0.29) is 17.7 Å². The molecule has 0 rings (SSSR count). The number of rotatable bonds is 5. The van der Waals surface area contributed by atoms with Gasteiger partial charge in [-0.15, -0.1) is 0 Å². The number of aliphatic hydroxyl groups is 1. The summed E-state index contributed by atoms with van der Waals surface area (Å²) < 4.78 is 10.9. The number of ether oxygens (including phenoxy) is 1. The van der Waals surface area contributed by atoms with Crippen LogP contribution >= 0.6 is 0 Å². The highest BCUT2D eigenvalue weighted by atomic mass is 28.4. The lowest BCUT2D eigenvalue weighted by Crippen LogP contribution is -2.43. The molecule has 0 amide bonds. The van der Waals surface area contributed by atoms with E-state index in [9.17, 15) is 0 Å². The fraction of sp³-hybridized carbons (Fsp3) is 1.00. The molecule has 86 valence electrons. The van der Waals surface area contributed by atoms with Gasteiger partial charge in [-0.2, -0.15) is 0 Å². The van der Waals surface area contributed by atoms with Gasteiger partial charge < -0.3 is 14.3 Å². The standard InChI is InChI=1S/C10H24O3Si/c1-10(2,3)14(5,6)13-8-9(7-11)12-4/h9,11H,7-8H2,1-6H3. The van der Waals surface area contributed by atoms with Crippen molar-refractivity contribution in [3.05, 3.63) is 0 Å². The van der Waals surface area contributed by atoms with E-state index in [1.165, 1.54) is 0 Å². The van der Waals surface area contributed by atoms with E-state index in [0.29, 0.717) is 6.61 Å². The first kappa shape index (κ1) is 14.1. The maximum Gasteiger partial charge on any atom is 0.192 e. The Morgan fingerprint density at radius 1 is 1.29 bits per heavy atom. The molecule has 1 atom stereocenters. The highest BCUT2D eigenvalue weighted by molar-refractivity contribution is 6.74. The van der Waals surface area contributed by atoms with Crippen LogP contribution in [-0.4, -0.2) is 39.9 Å². The first-order chi connectivity index (χ1) is 6.24. The lowest BCUT2D eigenvalue weighted by Gasteiger charge is -2.36. The topological polar surface area (TPSA) is 38.7 Å². The van der Waals surface area contributed by atoms with Crippen molar-refractivity contribution in [1.29, 1.82) is 0 Å². The van der Waals surface area contributed by atoms with Gasteiger partial charge >= 0.3 is 0 Å². The van der Waals surface area contributed by atoms with Gasteiger partial charge in [0.2, 0.25) is 0 Å². The molecular weight excluding hydrogens is 196 g/mol. The molecule has 0 aromatic heterocycles. The summed E-state index contributed by atoms with van der Waals surface area (Å²) in [5, 5.41) is 9.15. The lowest BCUT2D eigenvalue weighted by atomic mass is 10.2. The molecule has 0 spiro atoms. The van der Waals surface area contributed by atoms with Crippen LogP contribution in [0.2, 0.25) is 18.1 Å². The summed E-state index contributed by atoms with van der Waals surface area (Å²) >= 11 is 0. The largest absolute Gasteiger partial charge is 0.414 e. The molecule has 0 aromatic rings. The first-order valence-corrected chi connectivity index (χ1v) is 7.93. The Balaban J connectivity index is 4.11. The molecule has 3 nitrogen and oxygen atoms in total. The number of hydrogen-bond acceptors (Lipinski definition) is 3. The Labute approximate surface area is 88.5 Å². The minimum Gasteiger partial charge on any atom is -0.414 e. The van der Waals surface area contributed by atoms with Gasteiger partial charge in [0.25, 0.3) is 0 Å². The smallest absolute Gasteiger partial charge is 0.192 e. The molecule has 0 aliphatic carbocycles. The van der Waals surface area contributed by atoms with Gasteiger partial charge in [-0.05, 0) is 18.1 Å². The van der Waals surface area contributed by atoms with E-state index >= 15 is 0 Å². The maximum atomic E-state index is 8.94. The van der Waals surface area contributed by atoms with Gasteiger partial charge in [-0.25, -0.2) is 0 Å². The Morgan fingerprint density at radius 2 is 1.79 bits per heavy atom. The highest BCUT2D eigenvalue weighted by Gasteiger charge is 2.37. The average Bonchev–Trinajstić information content (AvgIpc) is 2.04. The molecule has 0 saturated carbocycles. The van der Waals surface area contributed by atoms with E-state index in [4.69, 9.17) is 14.3 Å². The van der Waals surface area contributed by atoms with Crippen molar-refractivity contribution in [2.45, 2.75) is 45.0 Å². The van der Waals surface area contributed by atoms with Crippen molar-refractivity contribution >= 4 is 8.32 Å². The quantitative estimate of drug-likeness (QED) is 0.720. The SMILES string of the molecule is COC(CO)CO[Si](C)(C)C(C)(C)C. The Kier molecular flexibility index (Phi) is 5.29. The van der Waals surface area contributed by atoms with Gasteiger partial charge in [0, 0.05) is 7.11 Å². The van der Waals surface area contributed by atoms with Crippen molar-refractivity contribution in [2.24, 2.45) is 0 Å². The summed E-state index contributed by atoms with van der Waals surface area (Å²) in [6, 6.07) is 0. The normalized spacial score (nSPS) is 15.6. The molecule has 1 unspecified atom stereocenters. The molecule has 0 bridgehead atoms. The van der Waals surface area contributed by atoms with Crippen LogP contribution in [0.25, 0.3) is 0 Å². The second kappa shape index (κ2) is 5.26. The molecule has 0 aromatic carbocycles. The third-order valence-electron chi connectivity index (χ3n) is 2.97. The molecule has 0 aliphatic heterocycles. The summed E-state index contributed by atoms with van der Waals surface area (Å²) in [6.45, 7) is 11.5. The number of hydrogen-bond donors (Lipinski definition) is 1. The minimum atomic E-state index is -1.69. The number of methoxy groups -OCH3 is 1. The third-order valence-corrected chi connectivity index (χ3v) is 7.47. The van der Waals surface area contributed by atoms with Crippen LogP contribution in [0.4, 0.5) is 0 Å². The van der Waals surface area contributed by atoms with Crippen LogP contribution < -0.4 is 0 Å². The van der Waals surface area contributed by atoms with Crippen molar-refractivity contribution in [3.63, 3.8) is 0 Å². The van der Waals surface area contributed by atoms with Crippen LogP contribution in [0.3, 0.4) is 0 Å².